The molecule has 0 atom stereocenters. The number of benzene rings is 1. The number of carbonyl (C=O) groups excluding carboxylic acids is 2. The molecular weight excluding hydrogens is 200 g/mol. The lowest BCUT2D eigenvalue weighted by molar-refractivity contribution is -0.118. The van der Waals surface area contributed by atoms with E-state index in [0.717, 1.165) is 11.1 Å². The number of hydrogen-bond donors (Lipinski definition) is 0. The zero-order chi connectivity index (χ0) is 12.0. The molecule has 0 aliphatic heterocycles. The van der Waals surface area contributed by atoms with Crippen LogP contribution >= 0.6 is 0 Å². The quantitative estimate of drug-likeness (QED) is 0.735. The molecule has 0 N–H and O–H groups in total. The van der Waals surface area contributed by atoms with Crippen molar-refractivity contribution < 1.29 is 9.59 Å². The summed E-state index contributed by atoms with van der Waals surface area (Å²) in [4.78, 5) is 22.6. The van der Waals surface area contributed by atoms with Crippen LogP contribution in [0.4, 0.5) is 0 Å². The van der Waals surface area contributed by atoms with E-state index in [9.17, 15) is 9.59 Å². The van der Waals surface area contributed by atoms with Gasteiger partial charge in [0, 0.05) is 25.7 Å². The molecule has 2 heteroatoms. The predicted molar refractivity (Wildman–Crippen MR) is 64.4 cm³/mol. The summed E-state index contributed by atoms with van der Waals surface area (Å²) in [6.07, 6.45) is 2.09. The Morgan fingerprint density at radius 3 is 1.75 bits per heavy atom. The van der Waals surface area contributed by atoms with Crippen molar-refractivity contribution in [3.63, 3.8) is 0 Å². The maximum atomic E-state index is 11.3. The fourth-order valence-corrected chi connectivity index (χ4v) is 1.55. The molecule has 0 spiro atoms. The van der Waals surface area contributed by atoms with Gasteiger partial charge in [-0.15, -0.1) is 0 Å². The highest BCUT2D eigenvalue weighted by atomic mass is 16.1. The van der Waals surface area contributed by atoms with Crippen LogP contribution in [0.2, 0.25) is 0 Å². The topological polar surface area (TPSA) is 34.1 Å². The monoisotopic (exact) mass is 218 g/mol. The first-order valence-corrected chi connectivity index (χ1v) is 5.77. The fraction of sp³-hybridized carbons (Fsp3) is 0.429. The van der Waals surface area contributed by atoms with Crippen LogP contribution in [0.3, 0.4) is 0 Å². The summed E-state index contributed by atoms with van der Waals surface area (Å²) in [5.74, 6) is 0.470. The van der Waals surface area contributed by atoms with E-state index in [1.165, 1.54) is 0 Å². The molecule has 86 valence electrons. The van der Waals surface area contributed by atoms with Gasteiger partial charge in [-0.05, 0) is 11.1 Å². The third-order valence-corrected chi connectivity index (χ3v) is 2.58. The van der Waals surface area contributed by atoms with Crippen molar-refractivity contribution in [2.24, 2.45) is 0 Å². The van der Waals surface area contributed by atoms with Gasteiger partial charge < -0.3 is 0 Å². The molecule has 0 saturated carbocycles. The third kappa shape index (κ3) is 3.97. The van der Waals surface area contributed by atoms with E-state index >= 15 is 0 Å². The van der Waals surface area contributed by atoms with Gasteiger partial charge in [-0.2, -0.15) is 0 Å². The molecule has 16 heavy (non-hydrogen) atoms. The van der Waals surface area contributed by atoms with Gasteiger partial charge in [0.1, 0.15) is 11.6 Å². The van der Waals surface area contributed by atoms with E-state index in [0.29, 0.717) is 25.7 Å². The molecule has 0 aliphatic rings. The first-order chi connectivity index (χ1) is 7.65. The van der Waals surface area contributed by atoms with E-state index in [2.05, 4.69) is 0 Å². The van der Waals surface area contributed by atoms with Crippen molar-refractivity contribution in [3.05, 3.63) is 35.4 Å². The molecule has 0 radical (unpaired) electrons. The zero-order valence-electron chi connectivity index (χ0n) is 9.95. The summed E-state index contributed by atoms with van der Waals surface area (Å²) in [7, 11) is 0. The van der Waals surface area contributed by atoms with Crippen LogP contribution in [-0.2, 0) is 22.4 Å². The predicted octanol–water partition coefficient (Wildman–Crippen LogP) is 2.73. The van der Waals surface area contributed by atoms with E-state index < -0.39 is 0 Å². The lowest BCUT2D eigenvalue weighted by Crippen LogP contribution is -2.03. The minimum Gasteiger partial charge on any atom is -0.299 e. The molecular formula is C14H18O2. The van der Waals surface area contributed by atoms with E-state index in [-0.39, 0.29) is 11.6 Å². The minimum atomic E-state index is 0.235. The molecule has 0 aliphatic carbocycles. The van der Waals surface area contributed by atoms with E-state index in [1.54, 1.807) is 0 Å². The molecule has 0 bridgehead atoms. The Kier molecular flexibility index (Phi) is 4.90. The minimum absolute atomic E-state index is 0.235. The Bertz CT molecular complexity index is 347. The molecule has 0 heterocycles. The van der Waals surface area contributed by atoms with Gasteiger partial charge in [0.25, 0.3) is 0 Å². The maximum absolute atomic E-state index is 11.3. The standard InChI is InChI=1S/C14H18O2/c1-3-13(15)9-11-6-5-7-12(8-11)10-14(16)4-2/h5-8H,3-4,9-10H2,1-2H3. The molecule has 2 nitrogen and oxygen atoms in total. The lowest BCUT2D eigenvalue weighted by atomic mass is 10.0. The van der Waals surface area contributed by atoms with E-state index in [1.807, 2.05) is 38.1 Å². The Morgan fingerprint density at radius 2 is 1.38 bits per heavy atom. The van der Waals surface area contributed by atoms with Crippen molar-refractivity contribution in [1.82, 2.24) is 0 Å². The van der Waals surface area contributed by atoms with Gasteiger partial charge in [0.05, 0.1) is 0 Å². The van der Waals surface area contributed by atoms with Crippen molar-refractivity contribution in [1.29, 1.82) is 0 Å². The van der Waals surface area contributed by atoms with Crippen molar-refractivity contribution in [3.8, 4) is 0 Å². The number of carbonyl (C=O) groups is 2. The number of rotatable bonds is 6. The lowest BCUT2D eigenvalue weighted by Gasteiger charge is -2.03. The number of hydrogen-bond acceptors (Lipinski definition) is 2. The summed E-state index contributed by atoms with van der Waals surface area (Å²) in [6, 6.07) is 7.75. The van der Waals surface area contributed by atoms with Gasteiger partial charge in [-0.25, -0.2) is 0 Å². The van der Waals surface area contributed by atoms with Gasteiger partial charge in [0.15, 0.2) is 0 Å². The summed E-state index contributed by atoms with van der Waals surface area (Å²) in [5, 5.41) is 0. The average Bonchev–Trinajstić information content (AvgIpc) is 2.29. The Hall–Kier alpha value is -1.44. The highest BCUT2D eigenvalue weighted by Gasteiger charge is 2.04. The van der Waals surface area contributed by atoms with Crippen LogP contribution in [0.25, 0.3) is 0 Å². The second-order valence-corrected chi connectivity index (χ2v) is 3.96. The first-order valence-electron chi connectivity index (χ1n) is 5.77. The summed E-state index contributed by atoms with van der Waals surface area (Å²) >= 11 is 0. The van der Waals surface area contributed by atoms with Gasteiger partial charge in [-0.3, -0.25) is 9.59 Å². The number of ketones is 2. The fourth-order valence-electron chi connectivity index (χ4n) is 1.55. The Morgan fingerprint density at radius 1 is 0.938 bits per heavy atom. The highest BCUT2D eigenvalue weighted by molar-refractivity contribution is 5.82. The van der Waals surface area contributed by atoms with Crippen molar-refractivity contribution in [2.75, 3.05) is 0 Å². The smallest absolute Gasteiger partial charge is 0.136 e. The molecule has 0 amide bonds. The van der Waals surface area contributed by atoms with Crippen molar-refractivity contribution in [2.45, 2.75) is 39.5 Å². The van der Waals surface area contributed by atoms with Gasteiger partial charge >= 0.3 is 0 Å². The van der Waals surface area contributed by atoms with Crippen LogP contribution in [0.15, 0.2) is 24.3 Å². The normalized spacial score (nSPS) is 10.1. The average molecular weight is 218 g/mol. The molecule has 1 aromatic carbocycles. The van der Waals surface area contributed by atoms with Crippen LogP contribution < -0.4 is 0 Å². The highest BCUT2D eigenvalue weighted by Crippen LogP contribution is 2.09. The largest absolute Gasteiger partial charge is 0.299 e. The third-order valence-electron chi connectivity index (χ3n) is 2.58. The number of Topliss-reactive ketones (excluding diaryl/α,β-unsaturated/α-hetero) is 2. The maximum Gasteiger partial charge on any atom is 0.136 e. The van der Waals surface area contributed by atoms with E-state index in [4.69, 9.17) is 0 Å². The molecule has 1 rings (SSSR count). The second-order valence-electron chi connectivity index (χ2n) is 3.96. The summed E-state index contributed by atoms with van der Waals surface area (Å²) < 4.78 is 0. The molecule has 0 unspecified atom stereocenters. The van der Waals surface area contributed by atoms with Crippen LogP contribution in [0.1, 0.15) is 37.8 Å². The van der Waals surface area contributed by atoms with Crippen LogP contribution in [0.5, 0.6) is 0 Å². The first kappa shape index (κ1) is 12.6. The van der Waals surface area contributed by atoms with Gasteiger partial charge in [0.2, 0.25) is 0 Å². The molecule has 0 aromatic heterocycles. The SMILES string of the molecule is CCC(=O)Cc1cccc(CC(=O)CC)c1. The van der Waals surface area contributed by atoms with Crippen LogP contribution in [0, 0.1) is 0 Å². The Balaban J connectivity index is 2.71. The second kappa shape index (κ2) is 6.21. The molecule has 0 fully saturated rings. The zero-order valence-corrected chi connectivity index (χ0v) is 9.95. The van der Waals surface area contributed by atoms with Crippen molar-refractivity contribution >= 4 is 11.6 Å². The summed E-state index contributed by atoms with van der Waals surface area (Å²) in [6.45, 7) is 3.74. The molecule has 1 aromatic rings. The summed E-state index contributed by atoms with van der Waals surface area (Å²) in [5.41, 5.74) is 2.02. The van der Waals surface area contributed by atoms with Gasteiger partial charge in [-0.1, -0.05) is 38.1 Å². The molecule has 0 saturated heterocycles. The van der Waals surface area contributed by atoms with Crippen LogP contribution in [-0.4, -0.2) is 11.6 Å². The Labute approximate surface area is 96.7 Å².